The van der Waals surface area contributed by atoms with Crippen LogP contribution in [-0.2, 0) is 0 Å². The number of rotatable bonds is 3. The predicted octanol–water partition coefficient (Wildman–Crippen LogP) is 10.6. The van der Waals surface area contributed by atoms with Gasteiger partial charge in [-0.1, -0.05) is 97.1 Å². The Labute approximate surface area is 310 Å². The van der Waals surface area contributed by atoms with E-state index in [1.807, 2.05) is 54.6 Å². The van der Waals surface area contributed by atoms with Crippen LogP contribution in [0.15, 0.2) is 121 Å². The summed E-state index contributed by atoms with van der Waals surface area (Å²) in [6.07, 6.45) is 0. The molecule has 0 aliphatic carbocycles. The van der Waals surface area contributed by atoms with Gasteiger partial charge in [-0.05, 0) is 68.1 Å². The largest absolute Gasteiger partial charge is 0.504 e. The first-order valence-electron chi connectivity index (χ1n) is 17.4. The lowest BCUT2D eigenvalue weighted by molar-refractivity contribution is 0.350. The van der Waals surface area contributed by atoms with Crippen molar-refractivity contribution in [3.05, 3.63) is 121 Å². The number of hydrogen-bond donors (Lipinski definition) is 9. The van der Waals surface area contributed by atoms with Crippen LogP contribution in [0.4, 0.5) is 0 Å². The molecule has 0 atom stereocenters. The number of fused-ring (bicyclic) bond motifs is 7. The Morgan fingerprint density at radius 3 is 1.40 bits per heavy atom. The van der Waals surface area contributed by atoms with Gasteiger partial charge in [0.15, 0.2) is 23.0 Å². The normalized spacial score (nSPS) is 11.9. The number of aromatic nitrogens is 1. The van der Waals surface area contributed by atoms with Crippen molar-refractivity contribution in [1.29, 1.82) is 0 Å². The van der Waals surface area contributed by atoms with Gasteiger partial charge in [-0.25, -0.2) is 0 Å². The van der Waals surface area contributed by atoms with Gasteiger partial charge in [0.1, 0.15) is 0 Å². The van der Waals surface area contributed by atoms with Gasteiger partial charge in [-0.2, -0.15) is 0 Å². The van der Waals surface area contributed by atoms with Gasteiger partial charge in [0.2, 0.25) is 23.0 Å². The second-order valence-electron chi connectivity index (χ2n) is 13.8. The Morgan fingerprint density at radius 1 is 0.309 bits per heavy atom. The SMILES string of the molecule is Oc1c(O)c(O)c2c(-c3cccc4ccccc34)c3c(O)c(O)c(O)c(O)c3c(-c3ccc(-c4ccc5[nH]c6cc7ccccc7cc6c5c4)cc3)c2c1O. The first-order valence-corrected chi connectivity index (χ1v) is 17.4. The summed E-state index contributed by atoms with van der Waals surface area (Å²) >= 11 is 0. The number of phenols is 8. The van der Waals surface area contributed by atoms with E-state index < -0.39 is 46.0 Å². The maximum Gasteiger partial charge on any atom is 0.204 e. The van der Waals surface area contributed by atoms with E-state index >= 15 is 0 Å². The molecule has 55 heavy (non-hydrogen) atoms. The van der Waals surface area contributed by atoms with Crippen LogP contribution in [-0.4, -0.2) is 45.8 Å². The Morgan fingerprint density at radius 2 is 0.782 bits per heavy atom. The van der Waals surface area contributed by atoms with Gasteiger partial charge in [-0.3, -0.25) is 0 Å². The van der Waals surface area contributed by atoms with Crippen LogP contribution in [0, 0.1) is 0 Å². The fourth-order valence-electron chi connectivity index (χ4n) is 8.22. The van der Waals surface area contributed by atoms with Gasteiger partial charge >= 0.3 is 0 Å². The summed E-state index contributed by atoms with van der Waals surface area (Å²) in [6, 6.07) is 38.1. The highest BCUT2D eigenvalue weighted by molar-refractivity contribution is 6.30. The smallest absolute Gasteiger partial charge is 0.204 e. The zero-order valence-corrected chi connectivity index (χ0v) is 28.6. The van der Waals surface area contributed by atoms with Gasteiger partial charge in [0.05, 0.1) is 0 Å². The first-order chi connectivity index (χ1) is 26.6. The van der Waals surface area contributed by atoms with Crippen LogP contribution in [0.2, 0.25) is 0 Å². The second kappa shape index (κ2) is 11.4. The van der Waals surface area contributed by atoms with Crippen molar-refractivity contribution >= 4 is 64.9 Å². The molecule has 9 nitrogen and oxygen atoms in total. The summed E-state index contributed by atoms with van der Waals surface area (Å²) < 4.78 is 0. The monoisotopic (exact) mass is 723 g/mol. The van der Waals surface area contributed by atoms with Crippen LogP contribution < -0.4 is 0 Å². The molecule has 0 radical (unpaired) electrons. The molecular formula is C46H29NO8. The number of phenolic OH excluding ortho intramolecular Hbond substituents is 8. The first kappa shape index (κ1) is 31.9. The van der Waals surface area contributed by atoms with Crippen LogP contribution in [0.5, 0.6) is 46.0 Å². The highest BCUT2D eigenvalue weighted by Crippen LogP contribution is 2.62. The molecule has 1 heterocycles. The number of aromatic hydroxyl groups is 8. The van der Waals surface area contributed by atoms with Crippen molar-refractivity contribution in [1.82, 2.24) is 4.98 Å². The van der Waals surface area contributed by atoms with E-state index in [0.29, 0.717) is 16.5 Å². The van der Waals surface area contributed by atoms with Crippen LogP contribution >= 0.6 is 0 Å². The maximum atomic E-state index is 11.6. The van der Waals surface area contributed by atoms with Crippen molar-refractivity contribution in [3.63, 3.8) is 0 Å². The fourth-order valence-corrected chi connectivity index (χ4v) is 8.22. The molecule has 0 saturated heterocycles. The fraction of sp³-hybridized carbons (Fsp3) is 0. The maximum absolute atomic E-state index is 11.6. The Kier molecular flexibility index (Phi) is 6.59. The molecule has 10 aromatic rings. The molecule has 0 amide bonds. The molecule has 0 fully saturated rings. The molecule has 9 heteroatoms. The minimum atomic E-state index is -1.02. The van der Waals surface area contributed by atoms with E-state index in [4.69, 9.17) is 0 Å². The lowest BCUT2D eigenvalue weighted by atomic mass is 9.82. The summed E-state index contributed by atoms with van der Waals surface area (Å²) in [5.41, 5.74) is 4.44. The topological polar surface area (TPSA) is 178 Å². The molecule has 1 aromatic heterocycles. The molecule has 266 valence electrons. The zero-order valence-electron chi connectivity index (χ0n) is 28.6. The second-order valence-corrected chi connectivity index (χ2v) is 13.8. The van der Waals surface area contributed by atoms with Crippen molar-refractivity contribution in [3.8, 4) is 79.4 Å². The molecular weight excluding hydrogens is 695 g/mol. The third kappa shape index (κ3) is 4.41. The highest BCUT2D eigenvalue weighted by Gasteiger charge is 2.32. The number of H-pyrrole nitrogens is 1. The number of hydrogen-bond acceptors (Lipinski definition) is 8. The Hall–Kier alpha value is -7.78. The molecule has 10 rings (SSSR count). The molecule has 0 saturated carbocycles. The average Bonchev–Trinajstić information content (AvgIpc) is 3.57. The molecule has 9 N–H and O–H groups in total. The minimum Gasteiger partial charge on any atom is -0.504 e. The average molecular weight is 724 g/mol. The van der Waals surface area contributed by atoms with Gasteiger partial charge in [0.25, 0.3) is 0 Å². The van der Waals surface area contributed by atoms with E-state index in [2.05, 4.69) is 35.3 Å². The standard InChI is InChI=1S/C46H29NO8/c48-39-35-33(23-14-12-21(13-15-23)26-16-17-31-29(19-26)30-18-24-7-1-2-8-25(24)20-32(30)47-31)36-38(42(51)46(55)44(53)40(36)49)34(37(35)41(50)45(54)43(39)52)28-11-5-9-22-6-3-4-10-27(22)28/h1-20,47-55H. The van der Waals surface area contributed by atoms with E-state index in [9.17, 15) is 40.9 Å². The molecule has 0 spiro atoms. The number of benzene rings is 9. The number of aromatic amines is 1. The van der Waals surface area contributed by atoms with E-state index in [-0.39, 0.29) is 32.7 Å². The van der Waals surface area contributed by atoms with Crippen molar-refractivity contribution < 1.29 is 40.9 Å². The van der Waals surface area contributed by atoms with E-state index in [1.54, 1.807) is 36.4 Å². The quantitative estimate of drug-likeness (QED) is 0.0491. The summed E-state index contributed by atoms with van der Waals surface area (Å²) in [7, 11) is 0. The molecule has 0 unspecified atom stereocenters. The van der Waals surface area contributed by atoms with Crippen LogP contribution in [0.1, 0.15) is 0 Å². The zero-order chi connectivity index (χ0) is 37.9. The summed E-state index contributed by atoms with van der Waals surface area (Å²) in [5, 5.41) is 95.1. The van der Waals surface area contributed by atoms with Crippen molar-refractivity contribution in [2.75, 3.05) is 0 Å². The highest BCUT2D eigenvalue weighted by atomic mass is 16.4. The third-order valence-electron chi connectivity index (χ3n) is 10.8. The van der Waals surface area contributed by atoms with Crippen molar-refractivity contribution in [2.45, 2.75) is 0 Å². The lowest BCUT2D eigenvalue weighted by Gasteiger charge is -2.23. The molecule has 9 aromatic carbocycles. The van der Waals surface area contributed by atoms with Crippen LogP contribution in [0.3, 0.4) is 0 Å². The number of nitrogens with one attached hydrogen (secondary N) is 1. The molecule has 0 aliphatic heterocycles. The molecule has 0 aliphatic rings. The molecule has 0 bridgehead atoms. The van der Waals surface area contributed by atoms with Crippen LogP contribution in [0.25, 0.3) is 98.3 Å². The minimum absolute atomic E-state index is 0.00757. The van der Waals surface area contributed by atoms with Crippen molar-refractivity contribution in [2.24, 2.45) is 0 Å². The van der Waals surface area contributed by atoms with E-state index in [1.165, 1.54) is 0 Å². The van der Waals surface area contributed by atoms with Gasteiger partial charge < -0.3 is 45.8 Å². The van der Waals surface area contributed by atoms with Gasteiger partial charge in [-0.15, -0.1) is 0 Å². The Balaban J connectivity index is 1.27. The van der Waals surface area contributed by atoms with Gasteiger partial charge in [0, 0.05) is 54.5 Å². The summed E-state index contributed by atoms with van der Waals surface area (Å²) in [4.78, 5) is 3.51. The van der Waals surface area contributed by atoms with E-state index in [0.717, 1.165) is 49.1 Å². The summed E-state index contributed by atoms with van der Waals surface area (Å²) in [5.74, 6) is -7.35. The lowest BCUT2D eigenvalue weighted by Crippen LogP contribution is -1.95. The predicted molar refractivity (Wildman–Crippen MR) is 215 cm³/mol. The Bertz CT molecular complexity index is 3210. The third-order valence-corrected chi connectivity index (χ3v) is 10.8. The summed E-state index contributed by atoms with van der Waals surface area (Å²) in [6.45, 7) is 0.